The fourth-order valence-corrected chi connectivity index (χ4v) is 4.27. The fourth-order valence-electron chi connectivity index (χ4n) is 4.27. The first-order chi connectivity index (χ1) is 13.2. The highest BCUT2D eigenvalue weighted by Gasteiger charge is 2.53. The summed E-state index contributed by atoms with van der Waals surface area (Å²) >= 11 is 0. The zero-order chi connectivity index (χ0) is 20.5. The van der Waals surface area contributed by atoms with E-state index in [0.717, 1.165) is 5.56 Å². The normalized spacial score (nSPS) is 29.1. The summed E-state index contributed by atoms with van der Waals surface area (Å²) in [6, 6.07) is 8.95. The number of aliphatic carboxylic acids is 1. The summed E-state index contributed by atoms with van der Waals surface area (Å²) in [5.74, 6) is -5.23. The molecule has 1 amide bonds. The Balaban J connectivity index is 1.77. The molecule has 2 aliphatic rings. The molecule has 2 heterocycles. The molecule has 0 spiro atoms. The number of rotatable bonds is 4. The Morgan fingerprint density at radius 3 is 2.39 bits per heavy atom. The lowest BCUT2D eigenvalue weighted by atomic mass is 9.89. The molecule has 4 atom stereocenters. The van der Waals surface area contributed by atoms with Crippen LogP contribution < -0.4 is 0 Å². The molecule has 28 heavy (non-hydrogen) atoms. The summed E-state index contributed by atoms with van der Waals surface area (Å²) in [7, 11) is 0. The zero-order valence-electron chi connectivity index (χ0n) is 15.7. The van der Waals surface area contributed by atoms with E-state index < -0.39 is 35.8 Å². The van der Waals surface area contributed by atoms with E-state index in [1.54, 1.807) is 11.8 Å². The van der Waals surface area contributed by atoms with Crippen LogP contribution in [0.3, 0.4) is 0 Å². The van der Waals surface area contributed by atoms with Crippen LogP contribution in [0, 0.1) is 17.8 Å². The van der Waals surface area contributed by atoms with Gasteiger partial charge in [-0.25, -0.2) is 0 Å². The second-order valence-electron chi connectivity index (χ2n) is 7.89. The Morgan fingerprint density at radius 1 is 1.11 bits per heavy atom. The summed E-state index contributed by atoms with van der Waals surface area (Å²) < 4.78 is 41.0. The van der Waals surface area contributed by atoms with Crippen LogP contribution in [0.2, 0.25) is 0 Å². The van der Waals surface area contributed by atoms with Gasteiger partial charge in [0.05, 0.1) is 17.8 Å². The van der Waals surface area contributed by atoms with Crippen molar-refractivity contribution in [3.05, 3.63) is 35.9 Å². The van der Waals surface area contributed by atoms with Gasteiger partial charge in [-0.3, -0.25) is 14.5 Å². The Labute approximate surface area is 162 Å². The Morgan fingerprint density at radius 2 is 1.79 bits per heavy atom. The van der Waals surface area contributed by atoms with Gasteiger partial charge < -0.3 is 10.0 Å². The summed E-state index contributed by atoms with van der Waals surface area (Å²) in [6.07, 6.45) is -3.55. The van der Waals surface area contributed by atoms with Gasteiger partial charge in [-0.15, -0.1) is 0 Å². The largest absolute Gasteiger partial charge is 0.481 e. The van der Waals surface area contributed by atoms with Gasteiger partial charge in [-0.05, 0) is 25.3 Å². The van der Waals surface area contributed by atoms with E-state index in [1.807, 2.05) is 30.3 Å². The van der Waals surface area contributed by atoms with Crippen molar-refractivity contribution >= 4 is 11.9 Å². The van der Waals surface area contributed by atoms with E-state index in [1.165, 1.54) is 4.90 Å². The average molecular weight is 398 g/mol. The molecule has 2 aliphatic heterocycles. The Hall–Kier alpha value is -2.09. The number of hydrogen-bond donors (Lipinski definition) is 1. The summed E-state index contributed by atoms with van der Waals surface area (Å²) in [5, 5.41) is 9.25. The number of likely N-dealkylation sites (tertiary alicyclic amines) is 2. The van der Waals surface area contributed by atoms with Crippen LogP contribution in [0.1, 0.15) is 25.3 Å². The molecule has 154 valence electrons. The van der Waals surface area contributed by atoms with Crippen molar-refractivity contribution < 1.29 is 27.9 Å². The second kappa shape index (κ2) is 8.11. The number of alkyl halides is 3. The minimum absolute atomic E-state index is 0.0188. The van der Waals surface area contributed by atoms with Gasteiger partial charge in [0.15, 0.2) is 0 Å². The van der Waals surface area contributed by atoms with Gasteiger partial charge in [0.25, 0.3) is 0 Å². The van der Waals surface area contributed by atoms with Crippen LogP contribution in [0.5, 0.6) is 0 Å². The van der Waals surface area contributed by atoms with Crippen molar-refractivity contribution in [2.45, 2.75) is 38.5 Å². The van der Waals surface area contributed by atoms with Crippen molar-refractivity contribution in [1.82, 2.24) is 9.80 Å². The number of carbonyl (C=O) groups excluding carboxylic acids is 1. The summed E-state index contributed by atoms with van der Waals surface area (Å²) in [5.41, 5.74) is 0.897. The maximum atomic E-state index is 13.7. The van der Waals surface area contributed by atoms with Crippen molar-refractivity contribution in [2.75, 3.05) is 19.6 Å². The molecule has 2 saturated heterocycles. The molecule has 1 N–H and O–H groups in total. The molecule has 3 rings (SSSR count). The van der Waals surface area contributed by atoms with Crippen LogP contribution >= 0.6 is 0 Å². The van der Waals surface area contributed by atoms with Crippen LogP contribution in [0.25, 0.3) is 0 Å². The monoisotopic (exact) mass is 398 g/mol. The first-order valence-corrected chi connectivity index (χ1v) is 9.53. The number of amides is 1. The highest BCUT2D eigenvalue weighted by Crippen LogP contribution is 2.40. The second-order valence-corrected chi connectivity index (χ2v) is 7.89. The maximum absolute atomic E-state index is 13.7. The van der Waals surface area contributed by atoms with E-state index in [4.69, 9.17) is 0 Å². The quantitative estimate of drug-likeness (QED) is 0.847. The molecule has 2 unspecified atom stereocenters. The predicted molar refractivity (Wildman–Crippen MR) is 96.3 cm³/mol. The third kappa shape index (κ3) is 4.48. The zero-order valence-corrected chi connectivity index (χ0v) is 15.7. The maximum Gasteiger partial charge on any atom is 0.393 e. The van der Waals surface area contributed by atoms with Crippen LogP contribution in [0.4, 0.5) is 13.2 Å². The lowest BCUT2D eigenvalue weighted by Crippen LogP contribution is -2.51. The molecule has 5 nitrogen and oxygen atoms in total. The smallest absolute Gasteiger partial charge is 0.393 e. The van der Waals surface area contributed by atoms with Gasteiger partial charge in [-0.1, -0.05) is 30.3 Å². The highest BCUT2D eigenvalue weighted by atomic mass is 19.4. The van der Waals surface area contributed by atoms with Crippen LogP contribution in [-0.4, -0.2) is 58.6 Å². The molecule has 2 fully saturated rings. The molecule has 0 aromatic heterocycles. The molecule has 0 bridgehead atoms. The van der Waals surface area contributed by atoms with Crippen molar-refractivity contribution in [2.24, 2.45) is 17.8 Å². The number of carboxylic acid groups (broad SMARTS) is 1. The Bertz CT molecular complexity index is 710. The van der Waals surface area contributed by atoms with Crippen LogP contribution in [-0.2, 0) is 16.1 Å². The lowest BCUT2D eigenvalue weighted by Gasteiger charge is -2.38. The average Bonchev–Trinajstić information content (AvgIpc) is 3.06. The van der Waals surface area contributed by atoms with E-state index in [-0.39, 0.29) is 25.7 Å². The molecule has 0 aliphatic carbocycles. The first-order valence-electron chi connectivity index (χ1n) is 9.53. The van der Waals surface area contributed by atoms with Crippen molar-refractivity contribution in [1.29, 1.82) is 0 Å². The van der Waals surface area contributed by atoms with Crippen molar-refractivity contribution in [3.63, 3.8) is 0 Å². The van der Waals surface area contributed by atoms with Gasteiger partial charge in [-0.2, -0.15) is 13.2 Å². The number of piperidine rings is 1. The van der Waals surface area contributed by atoms with E-state index in [2.05, 4.69) is 0 Å². The third-order valence-corrected chi connectivity index (χ3v) is 5.90. The molecule has 0 saturated carbocycles. The van der Waals surface area contributed by atoms with E-state index in [9.17, 15) is 27.9 Å². The fraction of sp³-hybridized carbons (Fsp3) is 0.600. The SMILES string of the molecule is CC1CCC(C(=O)O)CN1C(=O)[C@@H]1CN(Cc2ccccc2)C[C@H]1C(F)(F)F. The number of carbonyl (C=O) groups is 2. The number of halogens is 3. The number of benzene rings is 1. The van der Waals surface area contributed by atoms with Crippen molar-refractivity contribution in [3.8, 4) is 0 Å². The summed E-state index contributed by atoms with van der Waals surface area (Å²) in [6.45, 7) is 1.91. The number of hydrogen-bond acceptors (Lipinski definition) is 3. The standard InChI is InChI=1S/C20H25F3N2O3/c1-13-7-8-15(19(27)28)10-25(13)18(26)16-11-24(12-17(16)20(21,22)23)9-14-5-3-2-4-6-14/h2-6,13,15-17H,7-12H2,1H3,(H,27,28)/t13?,15?,16-,17-/m1/s1. The van der Waals surface area contributed by atoms with Gasteiger partial charge in [0, 0.05) is 32.2 Å². The van der Waals surface area contributed by atoms with Crippen LogP contribution in [0.15, 0.2) is 30.3 Å². The van der Waals surface area contributed by atoms with E-state index in [0.29, 0.717) is 19.4 Å². The topological polar surface area (TPSA) is 60.9 Å². The minimum atomic E-state index is -4.48. The van der Waals surface area contributed by atoms with E-state index >= 15 is 0 Å². The molecule has 1 aromatic rings. The summed E-state index contributed by atoms with van der Waals surface area (Å²) in [4.78, 5) is 27.4. The molecular formula is C20H25F3N2O3. The first kappa shape index (κ1) is 20.6. The molecule has 8 heteroatoms. The van der Waals surface area contributed by atoms with Gasteiger partial charge >= 0.3 is 12.1 Å². The lowest BCUT2D eigenvalue weighted by molar-refractivity contribution is -0.187. The number of carboxylic acids is 1. The van der Waals surface area contributed by atoms with Gasteiger partial charge in [0.2, 0.25) is 5.91 Å². The predicted octanol–water partition coefficient (Wildman–Crippen LogP) is 3.01. The molecule has 1 aromatic carbocycles. The van der Waals surface area contributed by atoms with Gasteiger partial charge in [0.1, 0.15) is 0 Å². The highest BCUT2D eigenvalue weighted by molar-refractivity contribution is 5.81. The molecular weight excluding hydrogens is 373 g/mol. The number of nitrogens with zero attached hydrogens (tertiary/aromatic N) is 2. The minimum Gasteiger partial charge on any atom is -0.481 e. The third-order valence-electron chi connectivity index (χ3n) is 5.90. The Kier molecular flexibility index (Phi) is 5.98. The molecule has 0 radical (unpaired) electrons.